The van der Waals surface area contributed by atoms with Gasteiger partial charge in [0, 0.05) is 0 Å². The number of carboxylic acid groups (broad SMARTS) is 1. The SMILES string of the molecule is O=C([O-])c1ccc(C=C2SC(=S)N(c3ccccc3)C2=O)cc1. The van der Waals surface area contributed by atoms with E-state index in [0.717, 1.165) is 11.3 Å². The molecule has 1 heterocycles. The van der Waals surface area contributed by atoms with E-state index in [0.29, 0.717) is 9.23 Å². The molecule has 2 aromatic rings. The second-order valence-corrected chi connectivity index (χ2v) is 6.44. The molecular weight excluding hydrogens is 330 g/mol. The van der Waals surface area contributed by atoms with E-state index >= 15 is 0 Å². The van der Waals surface area contributed by atoms with Crippen molar-refractivity contribution in [2.24, 2.45) is 0 Å². The predicted octanol–water partition coefficient (Wildman–Crippen LogP) is 2.46. The van der Waals surface area contributed by atoms with Crippen molar-refractivity contribution >= 4 is 51.9 Å². The third kappa shape index (κ3) is 3.18. The predicted molar refractivity (Wildman–Crippen MR) is 92.9 cm³/mol. The summed E-state index contributed by atoms with van der Waals surface area (Å²) in [4.78, 5) is 25.3. The summed E-state index contributed by atoms with van der Waals surface area (Å²) < 4.78 is 0.471. The molecule has 1 fully saturated rings. The zero-order chi connectivity index (χ0) is 16.4. The van der Waals surface area contributed by atoms with Crippen molar-refractivity contribution in [2.75, 3.05) is 4.90 Å². The van der Waals surface area contributed by atoms with Gasteiger partial charge < -0.3 is 9.90 Å². The first kappa shape index (κ1) is 15.5. The first-order valence-electron chi connectivity index (χ1n) is 6.70. The van der Waals surface area contributed by atoms with Gasteiger partial charge in [-0.15, -0.1) is 0 Å². The monoisotopic (exact) mass is 340 g/mol. The third-order valence-electron chi connectivity index (χ3n) is 3.25. The lowest BCUT2D eigenvalue weighted by Crippen LogP contribution is -2.27. The molecule has 0 saturated carbocycles. The standard InChI is InChI=1S/C17H11NO3S2/c19-15-14(10-11-6-8-12(9-7-11)16(20)21)23-17(22)18(15)13-4-2-1-3-5-13/h1-10H,(H,20,21)/p-1. The summed E-state index contributed by atoms with van der Waals surface area (Å²) in [5.41, 5.74) is 1.55. The molecule has 2 aromatic carbocycles. The molecule has 1 amide bonds. The van der Waals surface area contributed by atoms with Crippen LogP contribution in [0.4, 0.5) is 5.69 Å². The molecule has 0 radical (unpaired) electrons. The Morgan fingerprint density at radius 2 is 1.74 bits per heavy atom. The van der Waals surface area contributed by atoms with E-state index in [4.69, 9.17) is 12.2 Å². The molecule has 0 aliphatic carbocycles. The van der Waals surface area contributed by atoms with Crippen molar-refractivity contribution in [1.29, 1.82) is 0 Å². The van der Waals surface area contributed by atoms with Crippen LogP contribution in [0.2, 0.25) is 0 Å². The molecule has 4 nitrogen and oxygen atoms in total. The minimum absolute atomic E-state index is 0.0963. The van der Waals surface area contributed by atoms with Crippen LogP contribution in [0.3, 0.4) is 0 Å². The Kier molecular flexibility index (Phi) is 4.27. The van der Waals surface area contributed by atoms with Gasteiger partial charge in [0.05, 0.1) is 16.6 Å². The second-order valence-electron chi connectivity index (χ2n) is 4.76. The van der Waals surface area contributed by atoms with Crippen molar-refractivity contribution in [2.45, 2.75) is 0 Å². The van der Waals surface area contributed by atoms with Crippen molar-refractivity contribution in [1.82, 2.24) is 0 Å². The molecule has 0 N–H and O–H groups in total. The van der Waals surface area contributed by atoms with Crippen molar-refractivity contribution in [3.05, 3.63) is 70.6 Å². The van der Waals surface area contributed by atoms with Gasteiger partial charge in [-0.2, -0.15) is 0 Å². The van der Waals surface area contributed by atoms with Crippen LogP contribution >= 0.6 is 24.0 Å². The van der Waals surface area contributed by atoms with E-state index in [2.05, 4.69) is 0 Å². The number of carbonyl (C=O) groups is 2. The van der Waals surface area contributed by atoms with Crippen LogP contribution < -0.4 is 10.0 Å². The zero-order valence-corrected chi connectivity index (χ0v) is 13.4. The van der Waals surface area contributed by atoms with Crippen LogP contribution in [0.25, 0.3) is 6.08 Å². The van der Waals surface area contributed by atoms with E-state index < -0.39 is 5.97 Å². The van der Waals surface area contributed by atoms with Crippen molar-refractivity contribution in [3.8, 4) is 0 Å². The average Bonchev–Trinajstić information content (AvgIpc) is 2.82. The largest absolute Gasteiger partial charge is 0.545 e. The zero-order valence-electron chi connectivity index (χ0n) is 11.8. The summed E-state index contributed by atoms with van der Waals surface area (Å²) in [6, 6.07) is 15.3. The van der Waals surface area contributed by atoms with Gasteiger partial charge >= 0.3 is 0 Å². The molecule has 1 aliphatic heterocycles. The third-order valence-corrected chi connectivity index (χ3v) is 4.55. The van der Waals surface area contributed by atoms with E-state index in [1.807, 2.05) is 30.3 Å². The molecular formula is C17H10NO3S2-. The lowest BCUT2D eigenvalue weighted by Gasteiger charge is -2.13. The number of anilines is 1. The molecule has 6 heteroatoms. The normalized spacial score (nSPS) is 16.2. The molecule has 0 atom stereocenters. The van der Waals surface area contributed by atoms with Gasteiger partial charge in [-0.3, -0.25) is 9.69 Å². The Morgan fingerprint density at radius 3 is 2.35 bits per heavy atom. The molecule has 0 bridgehead atoms. The minimum Gasteiger partial charge on any atom is -0.545 e. The molecule has 0 spiro atoms. The van der Waals surface area contributed by atoms with E-state index in [1.54, 1.807) is 18.2 Å². The first-order chi connectivity index (χ1) is 11.1. The lowest BCUT2D eigenvalue weighted by molar-refractivity contribution is -0.255. The fourth-order valence-electron chi connectivity index (χ4n) is 2.13. The number of para-hydroxylation sites is 1. The van der Waals surface area contributed by atoms with E-state index in [9.17, 15) is 14.7 Å². The second kappa shape index (κ2) is 6.36. The van der Waals surface area contributed by atoms with Gasteiger partial charge in [0.15, 0.2) is 4.32 Å². The number of hydrogen-bond donors (Lipinski definition) is 0. The smallest absolute Gasteiger partial charge is 0.270 e. The van der Waals surface area contributed by atoms with Crippen LogP contribution in [0.1, 0.15) is 15.9 Å². The number of carboxylic acids is 1. The molecule has 0 aromatic heterocycles. The molecule has 3 rings (SSSR count). The highest BCUT2D eigenvalue weighted by Gasteiger charge is 2.33. The maximum Gasteiger partial charge on any atom is 0.270 e. The fraction of sp³-hybridized carbons (Fsp3) is 0. The summed E-state index contributed by atoms with van der Waals surface area (Å²) in [5, 5.41) is 10.7. The maximum absolute atomic E-state index is 12.5. The summed E-state index contributed by atoms with van der Waals surface area (Å²) in [6.45, 7) is 0. The quantitative estimate of drug-likeness (QED) is 0.634. The summed E-state index contributed by atoms with van der Waals surface area (Å²) in [5.74, 6) is -1.41. The van der Waals surface area contributed by atoms with Crippen LogP contribution in [0.15, 0.2) is 59.5 Å². The number of hydrogen-bond acceptors (Lipinski definition) is 5. The maximum atomic E-state index is 12.5. The molecule has 23 heavy (non-hydrogen) atoms. The van der Waals surface area contributed by atoms with Crippen LogP contribution in [0.5, 0.6) is 0 Å². The number of nitrogens with zero attached hydrogens (tertiary/aromatic N) is 1. The summed E-state index contributed by atoms with van der Waals surface area (Å²) in [6.07, 6.45) is 1.70. The van der Waals surface area contributed by atoms with E-state index in [-0.39, 0.29) is 11.5 Å². The van der Waals surface area contributed by atoms with Crippen LogP contribution in [0, 0.1) is 0 Å². The Bertz CT molecular complexity index is 813. The minimum atomic E-state index is -1.23. The number of thiocarbonyl (C=S) groups is 1. The number of amides is 1. The highest BCUT2D eigenvalue weighted by atomic mass is 32.2. The van der Waals surface area contributed by atoms with E-state index in [1.165, 1.54) is 28.8 Å². The van der Waals surface area contributed by atoms with Gasteiger partial charge in [-0.25, -0.2) is 0 Å². The highest BCUT2D eigenvalue weighted by molar-refractivity contribution is 8.27. The Labute approximate surface area is 142 Å². The van der Waals surface area contributed by atoms with Gasteiger partial charge in [0.25, 0.3) is 5.91 Å². The van der Waals surface area contributed by atoms with Gasteiger partial charge in [0.1, 0.15) is 0 Å². The molecule has 1 saturated heterocycles. The summed E-state index contributed by atoms with van der Waals surface area (Å²) >= 11 is 6.51. The first-order valence-corrected chi connectivity index (χ1v) is 7.93. The Hall–Kier alpha value is -2.44. The Morgan fingerprint density at radius 1 is 1.09 bits per heavy atom. The average molecular weight is 340 g/mol. The fourth-order valence-corrected chi connectivity index (χ4v) is 3.43. The molecule has 114 valence electrons. The number of thioether (sulfide) groups is 1. The Balaban J connectivity index is 1.88. The highest BCUT2D eigenvalue weighted by Crippen LogP contribution is 2.35. The topological polar surface area (TPSA) is 60.4 Å². The van der Waals surface area contributed by atoms with Crippen molar-refractivity contribution < 1.29 is 14.7 Å². The molecule has 1 aliphatic rings. The number of aromatic carboxylic acids is 1. The number of benzene rings is 2. The molecule has 0 unspecified atom stereocenters. The van der Waals surface area contributed by atoms with Crippen LogP contribution in [-0.4, -0.2) is 16.2 Å². The van der Waals surface area contributed by atoms with Crippen molar-refractivity contribution in [3.63, 3.8) is 0 Å². The van der Waals surface area contributed by atoms with Crippen LogP contribution in [-0.2, 0) is 4.79 Å². The number of rotatable bonds is 3. The lowest BCUT2D eigenvalue weighted by atomic mass is 10.1. The van der Waals surface area contributed by atoms with Gasteiger partial charge in [0.2, 0.25) is 0 Å². The number of carbonyl (C=O) groups excluding carboxylic acids is 2. The van der Waals surface area contributed by atoms with Gasteiger partial charge in [-0.1, -0.05) is 66.4 Å². The van der Waals surface area contributed by atoms with Gasteiger partial charge in [-0.05, 0) is 29.3 Å². The summed E-state index contributed by atoms with van der Waals surface area (Å²) in [7, 11) is 0.